The van der Waals surface area contributed by atoms with Gasteiger partial charge < -0.3 is 0 Å². The summed E-state index contributed by atoms with van der Waals surface area (Å²) in [6.45, 7) is 10.9. The summed E-state index contributed by atoms with van der Waals surface area (Å²) in [5.41, 5.74) is 0. The number of hydrogen-bond acceptors (Lipinski definition) is 0. The summed E-state index contributed by atoms with van der Waals surface area (Å²) >= 11 is -1.03. The van der Waals surface area contributed by atoms with Crippen LogP contribution < -0.4 is 41.5 Å². The van der Waals surface area contributed by atoms with E-state index in [0.29, 0.717) is 0 Å². The maximum absolute atomic E-state index is 2.72. The van der Waals surface area contributed by atoms with Gasteiger partial charge in [0, 0.05) is 0 Å². The predicted molar refractivity (Wildman–Crippen MR) is 271 cm³/mol. The van der Waals surface area contributed by atoms with Gasteiger partial charge in [0.1, 0.15) is 0 Å². The van der Waals surface area contributed by atoms with Gasteiger partial charge in [-0.3, -0.25) is 0 Å². The van der Waals surface area contributed by atoms with Crippen molar-refractivity contribution < 1.29 is 0 Å². The van der Waals surface area contributed by atoms with Crippen LogP contribution in [-0.4, -0.2) is 54.0 Å². The Bertz CT molecular complexity index is 2130. The molecule has 0 unspecified atom stereocenters. The molecule has 0 aromatic heterocycles. The van der Waals surface area contributed by atoms with E-state index < -0.39 is 46.8 Å². The van der Waals surface area contributed by atoms with E-state index in [4.69, 9.17) is 0 Å². The molecule has 0 saturated heterocycles. The van der Waals surface area contributed by atoms with Crippen molar-refractivity contribution >= 4 is 95.5 Å². The monoisotopic (exact) mass is 886 g/mol. The molecule has 0 N–H and O–H groups in total. The molecular weight excluding hydrogens is 834 g/mol. The van der Waals surface area contributed by atoms with Crippen molar-refractivity contribution in [3.8, 4) is 0 Å². The molecule has 0 atom stereocenters. The fraction of sp³-hybridized carbons (Fsp3) is 0.0741. The fourth-order valence-corrected chi connectivity index (χ4v) is 51.9. The Kier molecular flexibility index (Phi) is 12.2. The Morgan fingerprint density at radius 3 is 0.458 bits per heavy atom. The van der Waals surface area contributed by atoms with Crippen LogP contribution in [0.15, 0.2) is 243 Å². The van der Waals surface area contributed by atoms with Crippen molar-refractivity contribution in [1.29, 1.82) is 0 Å². The third-order valence-corrected chi connectivity index (χ3v) is 51.2. The second-order valence-corrected chi connectivity index (χ2v) is 39.7. The first-order valence-electron chi connectivity index (χ1n) is 20.8. The van der Waals surface area contributed by atoms with Gasteiger partial charge in [0.15, 0.2) is 0 Å². The van der Waals surface area contributed by atoms with E-state index >= 15 is 0 Å². The Morgan fingerprint density at radius 1 is 0.220 bits per heavy atom. The molecule has 0 spiro atoms. The van der Waals surface area contributed by atoms with Crippen LogP contribution in [0.25, 0.3) is 0 Å². The van der Waals surface area contributed by atoms with E-state index in [2.05, 4.69) is 269 Å². The zero-order chi connectivity index (χ0) is 40.8. The van der Waals surface area contributed by atoms with Crippen LogP contribution in [0.1, 0.15) is 0 Å². The summed E-state index contributed by atoms with van der Waals surface area (Å²) in [4.78, 5) is 0. The van der Waals surface area contributed by atoms with Crippen LogP contribution in [0.2, 0.25) is 26.2 Å². The molecule has 8 aromatic carbocycles. The summed E-state index contributed by atoms with van der Waals surface area (Å²) in [5, 5.41) is 12.0. The SMILES string of the molecule is C[Si]([C](=[Ge]=[C]([Si](C)(c1ccccc1)c1ccccc1)[Si](C)(c1ccccc1)c1ccccc1)[Si](C)(c1ccccc1)c1ccccc1)(c1ccccc1)c1ccccc1. The molecule has 0 amide bonds. The minimum absolute atomic E-state index is 1.03. The van der Waals surface area contributed by atoms with Crippen LogP contribution in [-0.2, 0) is 0 Å². The molecule has 0 fully saturated rings. The first-order valence-corrected chi connectivity index (χ1v) is 32.9. The van der Waals surface area contributed by atoms with E-state index in [1.54, 1.807) is 0 Å². The Balaban J connectivity index is 1.72. The molecule has 8 rings (SSSR count). The summed E-state index contributed by atoms with van der Waals surface area (Å²) in [7, 11) is -10.8. The van der Waals surface area contributed by atoms with Gasteiger partial charge in [0.05, 0.1) is 0 Å². The van der Waals surface area contributed by atoms with Gasteiger partial charge in [-0.05, 0) is 0 Å². The normalized spacial score (nSPS) is 12.0. The molecule has 288 valence electrons. The van der Waals surface area contributed by atoms with Crippen molar-refractivity contribution in [2.75, 3.05) is 0 Å². The van der Waals surface area contributed by atoms with Crippen LogP contribution in [0.5, 0.6) is 0 Å². The van der Waals surface area contributed by atoms with Crippen molar-refractivity contribution in [2.24, 2.45) is 0 Å². The molecule has 0 saturated carbocycles. The molecule has 0 aliphatic carbocycles. The molecule has 0 aliphatic heterocycles. The van der Waals surface area contributed by atoms with Crippen LogP contribution >= 0.6 is 0 Å². The molecule has 0 bridgehead atoms. The third-order valence-electron chi connectivity index (χ3n) is 13.1. The van der Waals surface area contributed by atoms with Crippen LogP contribution in [0, 0.1) is 0 Å². The summed E-state index contributed by atoms with van der Waals surface area (Å²) in [5.74, 6) is 0. The summed E-state index contributed by atoms with van der Waals surface area (Å²) in [6, 6.07) is 93.6. The second-order valence-electron chi connectivity index (χ2n) is 16.3. The molecule has 59 heavy (non-hydrogen) atoms. The average molecular weight is 886 g/mol. The summed E-state index contributed by atoms with van der Waals surface area (Å²) < 4.78 is 3.76. The molecule has 8 aromatic rings. The fourth-order valence-electron chi connectivity index (χ4n) is 9.62. The Hall–Kier alpha value is -5.09. The van der Waals surface area contributed by atoms with Crippen LogP contribution in [0.3, 0.4) is 0 Å². The predicted octanol–water partition coefficient (Wildman–Crippen LogP) is 6.76. The zero-order valence-electron chi connectivity index (χ0n) is 34.6. The topological polar surface area (TPSA) is 0 Å². The molecule has 0 aliphatic rings. The van der Waals surface area contributed by atoms with E-state index in [-0.39, 0.29) is 0 Å². The first kappa shape index (κ1) is 40.7. The van der Waals surface area contributed by atoms with Gasteiger partial charge in [-0.25, -0.2) is 0 Å². The molecule has 0 heterocycles. The standard InChI is InChI=1S/C54H52GeSi4/c1-56(45-29-13-5-14-30-45,46-31-15-6-16-32-46)53(57(2,47-33-17-7-18-34-47)48-35-19-8-20-36-48)55-54(58(3,49-37-21-9-22-38-49)50-39-23-10-24-40-50)59(4,51-41-25-11-26-42-51)52-43-27-12-28-44-52/h5-44H,1-4H3. The van der Waals surface area contributed by atoms with Gasteiger partial charge in [-0.15, -0.1) is 0 Å². The Labute approximate surface area is 361 Å². The second kappa shape index (κ2) is 17.6. The zero-order valence-corrected chi connectivity index (χ0v) is 40.7. The third kappa shape index (κ3) is 7.53. The number of rotatable bonds is 12. The van der Waals surface area contributed by atoms with Gasteiger partial charge >= 0.3 is 364 Å². The van der Waals surface area contributed by atoms with Gasteiger partial charge in [-0.2, -0.15) is 0 Å². The van der Waals surface area contributed by atoms with Crippen molar-refractivity contribution in [2.45, 2.75) is 26.2 Å². The van der Waals surface area contributed by atoms with E-state index in [9.17, 15) is 0 Å². The first-order chi connectivity index (χ1) is 28.8. The van der Waals surface area contributed by atoms with Crippen molar-refractivity contribution in [1.82, 2.24) is 0 Å². The van der Waals surface area contributed by atoms with Crippen molar-refractivity contribution in [3.63, 3.8) is 0 Å². The quantitative estimate of drug-likeness (QED) is 0.119. The van der Waals surface area contributed by atoms with E-state index in [0.717, 1.165) is 0 Å². The molecular formula is C54H52GeSi4. The van der Waals surface area contributed by atoms with E-state index in [1.807, 2.05) is 7.19 Å². The molecule has 0 radical (unpaired) electrons. The average Bonchev–Trinajstić information content (AvgIpc) is 3.33. The van der Waals surface area contributed by atoms with Gasteiger partial charge in [-0.1, -0.05) is 0 Å². The van der Waals surface area contributed by atoms with Gasteiger partial charge in [0.25, 0.3) is 0 Å². The maximum atomic E-state index is 2.72. The van der Waals surface area contributed by atoms with E-state index in [1.165, 1.54) is 41.5 Å². The molecule has 5 heteroatoms. The van der Waals surface area contributed by atoms with Crippen molar-refractivity contribution in [3.05, 3.63) is 243 Å². The van der Waals surface area contributed by atoms with Gasteiger partial charge in [0.2, 0.25) is 0 Å². The Morgan fingerprint density at radius 2 is 0.339 bits per heavy atom. The number of benzene rings is 8. The number of hydrogen-bond donors (Lipinski definition) is 0. The minimum atomic E-state index is -2.70. The molecule has 0 nitrogen and oxygen atoms in total. The van der Waals surface area contributed by atoms with Crippen LogP contribution in [0.4, 0.5) is 0 Å². The summed E-state index contributed by atoms with van der Waals surface area (Å²) in [6.07, 6.45) is 0.